The molecule has 1 aromatic carbocycles. The Morgan fingerprint density at radius 1 is 1.39 bits per heavy atom. The molecule has 23 heavy (non-hydrogen) atoms. The second-order valence-corrected chi connectivity index (χ2v) is 7.20. The molecule has 4 nitrogen and oxygen atoms in total. The summed E-state index contributed by atoms with van der Waals surface area (Å²) in [6.07, 6.45) is 4.80. The lowest BCUT2D eigenvalue weighted by molar-refractivity contribution is -0.135. The fourth-order valence-corrected chi connectivity index (χ4v) is 3.47. The van der Waals surface area contributed by atoms with E-state index < -0.39 is 6.04 Å². The number of fused-ring (bicyclic) bond motifs is 1. The molecule has 3 N–H and O–H groups in total. The quantitative estimate of drug-likeness (QED) is 0.905. The van der Waals surface area contributed by atoms with Gasteiger partial charge in [0.05, 0.1) is 6.04 Å². The van der Waals surface area contributed by atoms with Crippen molar-refractivity contribution in [2.45, 2.75) is 39.2 Å². The van der Waals surface area contributed by atoms with Gasteiger partial charge in [0.15, 0.2) is 0 Å². The van der Waals surface area contributed by atoms with Crippen LogP contribution in [0.2, 0.25) is 0 Å². The van der Waals surface area contributed by atoms with Crippen LogP contribution in [0, 0.1) is 5.41 Å². The average Bonchev–Trinajstić information content (AvgIpc) is 2.89. The van der Waals surface area contributed by atoms with Crippen molar-refractivity contribution in [3.8, 4) is 0 Å². The third kappa shape index (κ3) is 3.88. The predicted molar refractivity (Wildman–Crippen MR) is 96.8 cm³/mol. The zero-order valence-electron chi connectivity index (χ0n) is 13.8. The highest BCUT2D eigenvalue weighted by molar-refractivity contribution is 5.86. The molecule has 1 aliphatic rings. The Bertz CT molecular complexity index is 680. The highest BCUT2D eigenvalue weighted by Gasteiger charge is 2.31. The first-order chi connectivity index (χ1) is 10.5. The summed E-state index contributed by atoms with van der Waals surface area (Å²) >= 11 is 0. The number of rotatable bonds is 3. The number of hydrogen-bond acceptors (Lipinski definition) is 2. The summed E-state index contributed by atoms with van der Waals surface area (Å²) in [4.78, 5) is 17.8. The van der Waals surface area contributed by atoms with Crippen molar-refractivity contribution < 1.29 is 4.79 Å². The summed E-state index contributed by atoms with van der Waals surface area (Å²) in [5.74, 6) is 0.0815. The highest BCUT2D eigenvalue weighted by atomic mass is 35.5. The number of benzene rings is 1. The number of piperidine rings is 1. The smallest absolute Gasteiger partial charge is 0.239 e. The van der Waals surface area contributed by atoms with E-state index in [0.29, 0.717) is 6.42 Å². The van der Waals surface area contributed by atoms with E-state index in [4.69, 9.17) is 5.73 Å². The second kappa shape index (κ2) is 6.93. The second-order valence-electron chi connectivity index (χ2n) is 7.20. The number of H-pyrrole nitrogens is 1. The molecule has 3 rings (SSSR count). The topological polar surface area (TPSA) is 62.1 Å². The predicted octanol–water partition coefficient (Wildman–Crippen LogP) is 3.11. The minimum atomic E-state index is -0.465. The minimum Gasteiger partial charge on any atom is -0.361 e. The maximum Gasteiger partial charge on any atom is 0.239 e. The van der Waals surface area contributed by atoms with E-state index in [1.807, 2.05) is 29.3 Å². The van der Waals surface area contributed by atoms with Crippen molar-refractivity contribution >= 4 is 29.2 Å². The Labute approximate surface area is 143 Å². The van der Waals surface area contributed by atoms with Gasteiger partial charge in [-0.2, -0.15) is 0 Å². The van der Waals surface area contributed by atoms with Crippen LogP contribution < -0.4 is 5.73 Å². The zero-order valence-corrected chi connectivity index (χ0v) is 14.7. The monoisotopic (exact) mass is 335 g/mol. The minimum absolute atomic E-state index is 0. The molecule has 0 spiro atoms. The first kappa shape index (κ1) is 17.8. The lowest BCUT2D eigenvalue weighted by Crippen LogP contribution is -2.50. The number of likely N-dealkylation sites (tertiary alicyclic amines) is 1. The van der Waals surface area contributed by atoms with E-state index >= 15 is 0 Å². The third-order valence-corrected chi connectivity index (χ3v) is 4.64. The normalized spacial score (nSPS) is 18.5. The number of aromatic nitrogens is 1. The Hall–Kier alpha value is -1.52. The number of nitrogens with two attached hydrogens (primary N) is 1. The molecule has 1 aliphatic heterocycles. The van der Waals surface area contributed by atoms with E-state index in [2.05, 4.69) is 24.9 Å². The van der Waals surface area contributed by atoms with Gasteiger partial charge in [0, 0.05) is 30.2 Å². The molecule has 0 unspecified atom stereocenters. The summed E-state index contributed by atoms with van der Waals surface area (Å²) in [5, 5.41) is 1.16. The number of para-hydroxylation sites is 1. The van der Waals surface area contributed by atoms with Gasteiger partial charge in [-0.15, -0.1) is 12.4 Å². The van der Waals surface area contributed by atoms with Crippen molar-refractivity contribution in [2.75, 3.05) is 13.1 Å². The van der Waals surface area contributed by atoms with Crippen molar-refractivity contribution in [1.29, 1.82) is 0 Å². The van der Waals surface area contributed by atoms with Gasteiger partial charge in [0.2, 0.25) is 5.91 Å². The number of nitrogens with zero attached hydrogens (tertiary/aromatic N) is 1. The molecule has 1 fully saturated rings. The molecule has 1 atom stereocenters. The first-order valence-electron chi connectivity index (χ1n) is 8.06. The lowest BCUT2D eigenvalue weighted by Gasteiger charge is -2.39. The molecule has 126 valence electrons. The molecule has 2 aromatic rings. The van der Waals surface area contributed by atoms with Crippen LogP contribution in [0.15, 0.2) is 30.5 Å². The van der Waals surface area contributed by atoms with Gasteiger partial charge in [-0.05, 0) is 36.3 Å². The Kier molecular flexibility index (Phi) is 5.37. The molecule has 0 bridgehead atoms. The van der Waals surface area contributed by atoms with Crippen molar-refractivity contribution in [1.82, 2.24) is 9.88 Å². The SMILES string of the molecule is CC1(C)CCCN(C(=O)[C@@H](N)Cc2c[nH]c3ccccc23)C1.Cl. The summed E-state index contributed by atoms with van der Waals surface area (Å²) in [6, 6.07) is 7.67. The average molecular weight is 336 g/mol. The van der Waals surface area contributed by atoms with Gasteiger partial charge in [-0.3, -0.25) is 4.79 Å². The Morgan fingerprint density at radius 3 is 2.87 bits per heavy atom. The van der Waals surface area contributed by atoms with Crippen molar-refractivity contribution in [2.24, 2.45) is 11.1 Å². The molecule has 1 saturated heterocycles. The Balaban J connectivity index is 0.00000192. The molecular formula is C18H26ClN3O. The number of carbonyl (C=O) groups excluding carboxylic acids is 1. The molecule has 0 saturated carbocycles. The summed E-state index contributed by atoms with van der Waals surface area (Å²) in [6.45, 7) is 6.09. The molecule has 2 heterocycles. The molecule has 0 aliphatic carbocycles. The first-order valence-corrected chi connectivity index (χ1v) is 8.06. The molecular weight excluding hydrogens is 310 g/mol. The molecule has 1 aromatic heterocycles. The van der Waals surface area contributed by atoms with Gasteiger partial charge >= 0.3 is 0 Å². The molecule has 0 radical (unpaired) electrons. The lowest BCUT2D eigenvalue weighted by atomic mass is 9.84. The molecule has 5 heteroatoms. The standard InChI is InChI=1S/C18H25N3O.ClH/c1-18(2)8-5-9-21(12-18)17(22)15(19)10-13-11-20-16-7-4-3-6-14(13)16;/h3-4,6-7,11,15,20H,5,8-10,12,19H2,1-2H3;1H/t15-;/m0./s1. The van der Waals surface area contributed by atoms with E-state index in [9.17, 15) is 4.79 Å². The van der Waals surface area contributed by atoms with Crippen molar-refractivity contribution in [3.63, 3.8) is 0 Å². The third-order valence-electron chi connectivity index (χ3n) is 4.64. The van der Waals surface area contributed by atoms with Crippen molar-refractivity contribution in [3.05, 3.63) is 36.0 Å². The van der Waals surface area contributed by atoms with Crippen LogP contribution in [0.5, 0.6) is 0 Å². The summed E-state index contributed by atoms with van der Waals surface area (Å²) in [5.41, 5.74) is 8.63. The van der Waals surface area contributed by atoms with E-state index in [-0.39, 0.29) is 23.7 Å². The number of amides is 1. The van der Waals surface area contributed by atoms with Crippen LogP contribution in [0.4, 0.5) is 0 Å². The summed E-state index contributed by atoms with van der Waals surface area (Å²) < 4.78 is 0. The van der Waals surface area contributed by atoms with Gasteiger partial charge < -0.3 is 15.6 Å². The van der Waals surface area contributed by atoms with Crippen LogP contribution in [0.1, 0.15) is 32.3 Å². The number of hydrogen-bond donors (Lipinski definition) is 2. The number of carbonyl (C=O) groups is 1. The van der Waals surface area contributed by atoms with E-state index in [1.54, 1.807) is 0 Å². The van der Waals surface area contributed by atoms with Gasteiger partial charge in [0.1, 0.15) is 0 Å². The fraction of sp³-hybridized carbons (Fsp3) is 0.500. The Morgan fingerprint density at radius 2 is 2.13 bits per heavy atom. The van der Waals surface area contributed by atoms with Gasteiger partial charge in [-0.1, -0.05) is 32.0 Å². The zero-order chi connectivity index (χ0) is 15.7. The maximum absolute atomic E-state index is 12.6. The van der Waals surface area contributed by atoms with E-state index in [1.165, 1.54) is 6.42 Å². The van der Waals surface area contributed by atoms with Gasteiger partial charge in [-0.25, -0.2) is 0 Å². The van der Waals surface area contributed by atoms with E-state index in [0.717, 1.165) is 36.0 Å². The fourth-order valence-electron chi connectivity index (χ4n) is 3.47. The number of aromatic amines is 1. The largest absolute Gasteiger partial charge is 0.361 e. The number of nitrogens with one attached hydrogen (secondary N) is 1. The van der Waals surface area contributed by atoms with Gasteiger partial charge in [0.25, 0.3) is 0 Å². The number of halogens is 1. The van der Waals surface area contributed by atoms with Crippen LogP contribution in [-0.2, 0) is 11.2 Å². The maximum atomic E-state index is 12.6. The summed E-state index contributed by atoms with van der Waals surface area (Å²) in [7, 11) is 0. The highest BCUT2D eigenvalue weighted by Crippen LogP contribution is 2.29. The van der Waals surface area contributed by atoms with Crippen LogP contribution in [0.3, 0.4) is 0 Å². The van der Waals surface area contributed by atoms with Crippen LogP contribution in [-0.4, -0.2) is 34.9 Å². The molecule has 1 amide bonds. The van der Waals surface area contributed by atoms with Crippen LogP contribution in [0.25, 0.3) is 10.9 Å². The van der Waals surface area contributed by atoms with Crippen LogP contribution >= 0.6 is 12.4 Å².